The SMILES string of the molecule is c1ccc(-c2ccc(N(c3ccc(-c4ccccc4)cc3)c3ccc(-c4cc(-c5ccccc5)c5c(c4)c4ccccc4n5-c4ccccc4)cc3)cc2)cc1. The molecule has 0 saturated carbocycles. The lowest BCUT2D eigenvalue weighted by Gasteiger charge is -2.26. The molecule has 0 atom stereocenters. The molecular weight excluding hydrogens is 677 g/mol. The standard InChI is InChI=1S/C54H38N2/c1-5-15-39(16-6-1)41-25-31-47(32-26-41)55(48-33-27-42(28-34-48)40-17-7-2-8-18-40)49-35-29-43(30-36-49)45-37-51(44-19-9-3-10-20-44)54-52(38-45)50-23-13-14-24-53(50)56(54)46-21-11-4-12-22-46/h1-38H. The van der Waals surface area contributed by atoms with Crippen LogP contribution in [0.4, 0.5) is 17.1 Å². The van der Waals surface area contributed by atoms with Crippen LogP contribution in [-0.2, 0) is 0 Å². The van der Waals surface area contributed by atoms with Crippen LogP contribution in [0.5, 0.6) is 0 Å². The average molecular weight is 715 g/mol. The summed E-state index contributed by atoms with van der Waals surface area (Å²) in [6.07, 6.45) is 0. The maximum absolute atomic E-state index is 2.42. The van der Waals surface area contributed by atoms with Gasteiger partial charge in [0.05, 0.1) is 11.0 Å². The molecule has 56 heavy (non-hydrogen) atoms. The number of benzene rings is 9. The van der Waals surface area contributed by atoms with E-state index in [0.717, 1.165) is 22.7 Å². The highest BCUT2D eigenvalue weighted by atomic mass is 15.1. The van der Waals surface area contributed by atoms with Crippen molar-refractivity contribution in [1.29, 1.82) is 0 Å². The third kappa shape index (κ3) is 6.14. The van der Waals surface area contributed by atoms with Gasteiger partial charge in [0, 0.05) is 39.1 Å². The Kier molecular flexibility index (Phi) is 8.55. The van der Waals surface area contributed by atoms with E-state index < -0.39 is 0 Å². The molecule has 0 bridgehead atoms. The quantitative estimate of drug-likeness (QED) is 0.152. The molecule has 9 aromatic carbocycles. The lowest BCUT2D eigenvalue weighted by molar-refractivity contribution is 1.18. The predicted molar refractivity (Wildman–Crippen MR) is 237 cm³/mol. The minimum Gasteiger partial charge on any atom is -0.311 e. The molecule has 1 heterocycles. The third-order valence-electron chi connectivity index (χ3n) is 10.8. The Morgan fingerprint density at radius 3 is 1.18 bits per heavy atom. The van der Waals surface area contributed by atoms with Crippen molar-refractivity contribution >= 4 is 38.9 Å². The number of hydrogen-bond acceptors (Lipinski definition) is 1. The first-order valence-electron chi connectivity index (χ1n) is 19.2. The summed E-state index contributed by atoms with van der Waals surface area (Å²) < 4.78 is 2.42. The smallest absolute Gasteiger partial charge is 0.0619 e. The molecule has 2 nitrogen and oxygen atoms in total. The minimum absolute atomic E-state index is 1.10. The normalized spacial score (nSPS) is 11.2. The lowest BCUT2D eigenvalue weighted by Crippen LogP contribution is -2.09. The molecule has 10 aromatic rings. The Hall–Kier alpha value is -7.42. The van der Waals surface area contributed by atoms with Crippen molar-refractivity contribution in [2.24, 2.45) is 0 Å². The molecule has 0 aliphatic rings. The average Bonchev–Trinajstić information content (AvgIpc) is 3.62. The molecule has 0 N–H and O–H groups in total. The zero-order chi connectivity index (χ0) is 37.3. The van der Waals surface area contributed by atoms with Gasteiger partial charge >= 0.3 is 0 Å². The molecule has 1 aromatic heterocycles. The van der Waals surface area contributed by atoms with Crippen molar-refractivity contribution < 1.29 is 0 Å². The van der Waals surface area contributed by atoms with Crippen LogP contribution in [0.15, 0.2) is 231 Å². The molecule has 2 heteroatoms. The largest absolute Gasteiger partial charge is 0.311 e. The first-order chi connectivity index (χ1) is 27.8. The van der Waals surface area contributed by atoms with Crippen LogP contribution < -0.4 is 4.90 Å². The number of rotatable bonds is 8. The zero-order valence-corrected chi connectivity index (χ0v) is 30.8. The highest BCUT2D eigenvalue weighted by Gasteiger charge is 2.19. The molecular formula is C54H38N2. The van der Waals surface area contributed by atoms with Crippen LogP contribution in [0.2, 0.25) is 0 Å². The Balaban J connectivity index is 1.10. The summed E-state index contributed by atoms with van der Waals surface area (Å²) in [5.74, 6) is 0. The first kappa shape index (κ1) is 33.2. The number of aromatic nitrogens is 1. The molecule has 0 radical (unpaired) electrons. The van der Waals surface area contributed by atoms with E-state index in [4.69, 9.17) is 0 Å². The van der Waals surface area contributed by atoms with Gasteiger partial charge in [0.25, 0.3) is 0 Å². The fourth-order valence-corrected chi connectivity index (χ4v) is 8.06. The van der Waals surface area contributed by atoms with E-state index >= 15 is 0 Å². The summed E-state index contributed by atoms with van der Waals surface area (Å²) >= 11 is 0. The second kappa shape index (κ2) is 14.4. The van der Waals surface area contributed by atoms with Crippen molar-refractivity contribution in [3.05, 3.63) is 231 Å². The fourth-order valence-electron chi connectivity index (χ4n) is 8.06. The fraction of sp³-hybridized carbons (Fsp3) is 0. The number of hydrogen-bond donors (Lipinski definition) is 0. The molecule has 0 spiro atoms. The van der Waals surface area contributed by atoms with E-state index in [9.17, 15) is 0 Å². The van der Waals surface area contributed by atoms with Crippen molar-refractivity contribution in [3.8, 4) is 50.2 Å². The van der Waals surface area contributed by atoms with E-state index in [1.165, 1.54) is 66.3 Å². The molecule has 10 rings (SSSR count). The summed E-state index contributed by atoms with van der Waals surface area (Å²) in [6, 6.07) is 83.0. The molecule has 0 unspecified atom stereocenters. The second-order valence-electron chi connectivity index (χ2n) is 14.2. The van der Waals surface area contributed by atoms with Gasteiger partial charge in [-0.15, -0.1) is 0 Å². The van der Waals surface area contributed by atoms with E-state index in [2.05, 4.69) is 240 Å². The predicted octanol–water partition coefficient (Wildman–Crippen LogP) is 14.9. The van der Waals surface area contributed by atoms with Crippen LogP contribution in [0.3, 0.4) is 0 Å². The molecule has 0 aliphatic heterocycles. The molecule has 0 aliphatic carbocycles. The monoisotopic (exact) mass is 714 g/mol. The second-order valence-corrected chi connectivity index (χ2v) is 14.2. The van der Waals surface area contributed by atoms with Gasteiger partial charge in [0.2, 0.25) is 0 Å². The lowest BCUT2D eigenvalue weighted by atomic mass is 9.95. The summed E-state index contributed by atoms with van der Waals surface area (Å²) in [7, 11) is 0. The summed E-state index contributed by atoms with van der Waals surface area (Å²) in [4.78, 5) is 2.35. The van der Waals surface area contributed by atoms with Crippen LogP contribution in [0, 0.1) is 0 Å². The Morgan fingerprint density at radius 1 is 0.286 bits per heavy atom. The van der Waals surface area contributed by atoms with Gasteiger partial charge in [-0.3, -0.25) is 0 Å². The molecule has 0 fully saturated rings. The van der Waals surface area contributed by atoms with E-state index in [1.807, 2.05) is 0 Å². The third-order valence-corrected chi connectivity index (χ3v) is 10.8. The topological polar surface area (TPSA) is 8.17 Å². The van der Waals surface area contributed by atoms with Crippen molar-refractivity contribution in [2.45, 2.75) is 0 Å². The van der Waals surface area contributed by atoms with Gasteiger partial charge in [-0.05, 0) is 106 Å². The van der Waals surface area contributed by atoms with E-state index in [0.29, 0.717) is 0 Å². The van der Waals surface area contributed by atoms with Gasteiger partial charge in [0.1, 0.15) is 0 Å². The maximum Gasteiger partial charge on any atom is 0.0619 e. The van der Waals surface area contributed by atoms with Gasteiger partial charge in [0.15, 0.2) is 0 Å². The molecule has 0 amide bonds. The molecule has 264 valence electrons. The first-order valence-corrected chi connectivity index (χ1v) is 19.2. The summed E-state index contributed by atoms with van der Waals surface area (Å²) in [6.45, 7) is 0. The van der Waals surface area contributed by atoms with Crippen LogP contribution >= 0.6 is 0 Å². The van der Waals surface area contributed by atoms with Crippen molar-refractivity contribution in [2.75, 3.05) is 4.90 Å². The Morgan fingerprint density at radius 2 is 0.679 bits per heavy atom. The van der Waals surface area contributed by atoms with Crippen LogP contribution in [0.1, 0.15) is 0 Å². The van der Waals surface area contributed by atoms with Gasteiger partial charge in [-0.2, -0.15) is 0 Å². The number of anilines is 3. The number of para-hydroxylation sites is 2. The highest BCUT2D eigenvalue weighted by Crippen LogP contribution is 2.42. The number of nitrogens with zero attached hydrogens (tertiary/aromatic N) is 2. The van der Waals surface area contributed by atoms with Crippen LogP contribution in [0.25, 0.3) is 72.0 Å². The zero-order valence-electron chi connectivity index (χ0n) is 30.8. The van der Waals surface area contributed by atoms with Crippen molar-refractivity contribution in [3.63, 3.8) is 0 Å². The van der Waals surface area contributed by atoms with E-state index in [1.54, 1.807) is 0 Å². The maximum atomic E-state index is 2.42. The van der Waals surface area contributed by atoms with Crippen molar-refractivity contribution in [1.82, 2.24) is 4.57 Å². The highest BCUT2D eigenvalue weighted by molar-refractivity contribution is 6.15. The number of fused-ring (bicyclic) bond motifs is 3. The molecule has 0 saturated heterocycles. The van der Waals surface area contributed by atoms with Gasteiger partial charge in [-0.1, -0.05) is 164 Å². The Labute approximate surface area is 327 Å². The minimum atomic E-state index is 1.10. The van der Waals surface area contributed by atoms with Gasteiger partial charge < -0.3 is 9.47 Å². The summed E-state index contributed by atoms with van der Waals surface area (Å²) in [5.41, 5.74) is 16.4. The Bertz CT molecular complexity index is 2810. The van der Waals surface area contributed by atoms with Crippen LogP contribution in [-0.4, -0.2) is 4.57 Å². The van der Waals surface area contributed by atoms with Gasteiger partial charge in [-0.25, -0.2) is 0 Å². The van der Waals surface area contributed by atoms with E-state index in [-0.39, 0.29) is 0 Å². The summed E-state index contributed by atoms with van der Waals surface area (Å²) in [5, 5.41) is 2.48.